The van der Waals surface area contributed by atoms with Crippen LogP contribution in [0.15, 0.2) is 24.3 Å². The van der Waals surface area contributed by atoms with Crippen LogP contribution < -0.4 is 27.4 Å². The summed E-state index contributed by atoms with van der Waals surface area (Å²) in [6, 6.07) is 1.31. The van der Waals surface area contributed by atoms with Gasteiger partial charge >= 0.3 is 5.97 Å². The van der Waals surface area contributed by atoms with Gasteiger partial charge in [-0.05, 0) is 48.5 Å². The number of carboxylic acid groups (broad SMARTS) is 1. The molecular formula is C23H35N5O7S. The maximum absolute atomic E-state index is 12.9. The summed E-state index contributed by atoms with van der Waals surface area (Å²) in [5.41, 5.74) is 11.9. The van der Waals surface area contributed by atoms with Gasteiger partial charge in [0, 0.05) is 0 Å². The Labute approximate surface area is 213 Å². The van der Waals surface area contributed by atoms with Crippen LogP contribution in [0.1, 0.15) is 32.3 Å². The number of aromatic hydroxyl groups is 1. The third-order valence-corrected chi connectivity index (χ3v) is 5.88. The SMILES string of the molecule is CSCCC(NC(=O)C(NC(=O)C(CC(N)=O)NC(=O)C(N)Cc1ccc(O)cc1)C(C)C)C(=O)O. The van der Waals surface area contributed by atoms with E-state index in [9.17, 15) is 34.2 Å². The van der Waals surface area contributed by atoms with Crippen LogP contribution in [-0.2, 0) is 30.4 Å². The summed E-state index contributed by atoms with van der Waals surface area (Å²) in [7, 11) is 0. The van der Waals surface area contributed by atoms with E-state index < -0.39 is 66.1 Å². The predicted molar refractivity (Wildman–Crippen MR) is 135 cm³/mol. The van der Waals surface area contributed by atoms with Gasteiger partial charge in [-0.25, -0.2) is 4.79 Å². The summed E-state index contributed by atoms with van der Waals surface area (Å²) in [5.74, 6) is -4.22. The predicted octanol–water partition coefficient (Wildman–Crippen LogP) is -0.914. The summed E-state index contributed by atoms with van der Waals surface area (Å²) in [6.45, 7) is 3.30. The number of phenolic OH excluding ortho intramolecular Hbond substituents is 1. The zero-order valence-electron chi connectivity index (χ0n) is 20.5. The van der Waals surface area contributed by atoms with Crippen molar-refractivity contribution in [3.05, 3.63) is 29.8 Å². The van der Waals surface area contributed by atoms with Crippen LogP contribution in [-0.4, -0.2) is 76.0 Å². The van der Waals surface area contributed by atoms with Crippen molar-refractivity contribution in [3.63, 3.8) is 0 Å². The molecule has 0 bridgehead atoms. The zero-order chi connectivity index (χ0) is 27.4. The first-order valence-corrected chi connectivity index (χ1v) is 12.7. The molecule has 0 aliphatic heterocycles. The van der Waals surface area contributed by atoms with Gasteiger partial charge in [0.2, 0.25) is 23.6 Å². The van der Waals surface area contributed by atoms with Crippen LogP contribution in [0.25, 0.3) is 0 Å². The number of benzene rings is 1. The summed E-state index contributed by atoms with van der Waals surface area (Å²) in [4.78, 5) is 61.4. The molecule has 1 rings (SSSR count). The van der Waals surface area contributed by atoms with Crippen LogP contribution in [0.3, 0.4) is 0 Å². The maximum Gasteiger partial charge on any atom is 0.326 e. The minimum Gasteiger partial charge on any atom is -0.508 e. The number of primary amides is 1. The minimum atomic E-state index is -1.40. The highest BCUT2D eigenvalue weighted by Crippen LogP contribution is 2.11. The number of carbonyl (C=O) groups excluding carboxylic acids is 4. The molecule has 4 amide bonds. The number of carboxylic acids is 1. The Morgan fingerprint density at radius 1 is 0.944 bits per heavy atom. The van der Waals surface area contributed by atoms with Gasteiger partial charge < -0.3 is 37.6 Å². The van der Waals surface area contributed by atoms with Gasteiger partial charge in [-0.15, -0.1) is 0 Å². The molecule has 0 aromatic heterocycles. The molecule has 4 atom stereocenters. The number of nitrogens with one attached hydrogen (secondary N) is 3. The number of thioether (sulfide) groups is 1. The van der Waals surface area contributed by atoms with Crippen molar-refractivity contribution >= 4 is 41.4 Å². The molecule has 0 aliphatic carbocycles. The van der Waals surface area contributed by atoms with E-state index in [1.807, 2.05) is 6.26 Å². The molecule has 9 N–H and O–H groups in total. The Morgan fingerprint density at radius 3 is 2.03 bits per heavy atom. The van der Waals surface area contributed by atoms with Crippen molar-refractivity contribution < 1.29 is 34.2 Å². The topological polar surface area (TPSA) is 214 Å². The van der Waals surface area contributed by atoms with Gasteiger partial charge in [0.15, 0.2) is 0 Å². The number of hydrogen-bond acceptors (Lipinski definition) is 8. The molecule has 0 radical (unpaired) electrons. The van der Waals surface area contributed by atoms with Gasteiger partial charge in [0.25, 0.3) is 0 Å². The Balaban J connectivity index is 2.92. The van der Waals surface area contributed by atoms with Crippen LogP contribution in [0.4, 0.5) is 0 Å². The molecule has 0 heterocycles. The van der Waals surface area contributed by atoms with Crippen molar-refractivity contribution in [3.8, 4) is 5.75 Å². The molecule has 0 fully saturated rings. The molecule has 0 aliphatic rings. The molecule has 1 aromatic carbocycles. The second kappa shape index (κ2) is 14.9. The standard InChI is InChI=1S/C23H35N5O7S/c1-12(2)19(22(33)26-16(23(34)35)8-9-36-3)28-21(32)17(11-18(25)30)27-20(31)15(24)10-13-4-6-14(29)7-5-13/h4-7,12,15-17,19,29H,8-11,24H2,1-3H3,(H2,25,30)(H,26,33)(H,27,31)(H,28,32)(H,34,35). The average molecular weight is 526 g/mol. The summed E-state index contributed by atoms with van der Waals surface area (Å²) >= 11 is 1.43. The quantitative estimate of drug-likeness (QED) is 0.151. The molecule has 1 aromatic rings. The van der Waals surface area contributed by atoms with Gasteiger partial charge in [-0.3, -0.25) is 19.2 Å². The number of amides is 4. The van der Waals surface area contributed by atoms with Crippen molar-refractivity contribution in [1.29, 1.82) is 0 Å². The lowest BCUT2D eigenvalue weighted by Gasteiger charge is -2.26. The van der Waals surface area contributed by atoms with E-state index in [4.69, 9.17) is 11.5 Å². The van der Waals surface area contributed by atoms with E-state index in [2.05, 4.69) is 16.0 Å². The maximum atomic E-state index is 12.9. The van der Waals surface area contributed by atoms with E-state index >= 15 is 0 Å². The van der Waals surface area contributed by atoms with Crippen molar-refractivity contribution in [2.75, 3.05) is 12.0 Å². The Hall–Kier alpha value is -3.32. The number of aliphatic carboxylic acids is 1. The highest BCUT2D eigenvalue weighted by Gasteiger charge is 2.32. The molecule has 0 saturated heterocycles. The number of rotatable bonds is 15. The number of phenols is 1. The van der Waals surface area contributed by atoms with Crippen molar-refractivity contribution in [2.45, 2.75) is 57.3 Å². The largest absolute Gasteiger partial charge is 0.508 e. The molecule has 200 valence electrons. The second-order valence-electron chi connectivity index (χ2n) is 8.62. The Bertz CT molecular complexity index is 926. The lowest BCUT2D eigenvalue weighted by atomic mass is 10.0. The fraction of sp³-hybridized carbons (Fsp3) is 0.522. The second-order valence-corrected chi connectivity index (χ2v) is 9.61. The first-order chi connectivity index (χ1) is 16.8. The smallest absolute Gasteiger partial charge is 0.326 e. The van der Waals surface area contributed by atoms with Gasteiger partial charge in [0.05, 0.1) is 12.5 Å². The number of carbonyl (C=O) groups is 5. The van der Waals surface area contributed by atoms with Crippen molar-refractivity contribution in [2.24, 2.45) is 17.4 Å². The Kier molecular flexibility index (Phi) is 12.7. The summed E-state index contributed by atoms with van der Waals surface area (Å²) < 4.78 is 0. The minimum absolute atomic E-state index is 0.0534. The fourth-order valence-corrected chi connectivity index (χ4v) is 3.68. The third kappa shape index (κ3) is 10.5. The number of nitrogens with two attached hydrogens (primary N) is 2. The lowest BCUT2D eigenvalue weighted by molar-refractivity contribution is -0.142. The molecule has 36 heavy (non-hydrogen) atoms. The van der Waals surface area contributed by atoms with E-state index in [1.54, 1.807) is 26.0 Å². The molecule has 13 heteroatoms. The normalized spacial score (nSPS) is 14.2. The molecule has 12 nitrogen and oxygen atoms in total. The van der Waals surface area contributed by atoms with Gasteiger partial charge in [0.1, 0.15) is 23.9 Å². The first-order valence-electron chi connectivity index (χ1n) is 11.3. The highest BCUT2D eigenvalue weighted by atomic mass is 32.2. The molecule has 0 saturated carbocycles. The van der Waals surface area contributed by atoms with E-state index in [1.165, 1.54) is 23.9 Å². The van der Waals surface area contributed by atoms with E-state index in [0.29, 0.717) is 11.3 Å². The summed E-state index contributed by atoms with van der Waals surface area (Å²) in [5, 5.41) is 26.0. The van der Waals surface area contributed by atoms with Gasteiger partial charge in [-0.1, -0.05) is 26.0 Å². The highest BCUT2D eigenvalue weighted by molar-refractivity contribution is 7.98. The van der Waals surface area contributed by atoms with Gasteiger partial charge in [-0.2, -0.15) is 11.8 Å². The number of hydrogen-bond donors (Lipinski definition) is 7. The van der Waals surface area contributed by atoms with Crippen molar-refractivity contribution in [1.82, 2.24) is 16.0 Å². The van der Waals surface area contributed by atoms with Crippen LogP contribution in [0.2, 0.25) is 0 Å². The molecular weight excluding hydrogens is 490 g/mol. The Morgan fingerprint density at radius 2 is 1.53 bits per heavy atom. The fourth-order valence-electron chi connectivity index (χ4n) is 3.21. The van der Waals surface area contributed by atoms with Crippen LogP contribution >= 0.6 is 11.8 Å². The molecule has 4 unspecified atom stereocenters. The van der Waals surface area contributed by atoms with E-state index in [-0.39, 0.29) is 18.6 Å². The lowest BCUT2D eigenvalue weighted by Crippen LogP contribution is -2.59. The zero-order valence-corrected chi connectivity index (χ0v) is 21.3. The summed E-state index contributed by atoms with van der Waals surface area (Å²) in [6.07, 6.45) is 1.56. The van der Waals surface area contributed by atoms with Crippen LogP contribution in [0.5, 0.6) is 5.75 Å². The van der Waals surface area contributed by atoms with Crippen LogP contribution in [0, 0.1) is 5.92 Å². The molecule has 0 spiro atoms. The third-order valence-electron chi connectivity index (χ3n) is 5.24. The monoisotopic (exact) mass is 525 g/mol. The first kappa shape index (κ1) is 30.7. The van der Waals surface area contributed by atoms with E-state index in [0.717, 1.165) is 0 Å². The average Bonchev–Trinajstić information content (AvgIpc) is 2.79.